The van der Waals surface area contributed by atoms with Gasteiger partial charge in [0.2, 0.25) is 0 Å². The molecule has 0 amide bonds. The van der Waals surface area contributed by atoms with Crippen molar-refractivity contribution in [2.24, 2.45) is 0 Å². The Kier molecular flexibility index (Phi) is 6.47. The molecule has 3 N–H and O–H groups in total. The van der Waals surface area contributed by atoms with Crippen molar-refractivity contribution in [3.05, 3.63) is 114 Å². The number of hydrogen-bond donors (Lipinski definition) is 3. The van der Waals surface area contributed by atoms with Gasteiger partial charge in [0.1, 0.15) is 0 Å². The van der Waals surface area contributed by atoms with Crippen LogP contribution in [0.5, 0.6) is 0 Å². The SMILES string of the molecule is C=CCC(CO)(CO)c1ccc2nc(C(O)(c3ccccc3)c3ccccc3)n(CC)c2c1. The Bertz CT molecular complexity index is 1190. The summed E-state index contributed by atoms with van der Waals surface area (Å²) in [5.41, 5.74) is 1.57. The Morgan fingerprint density at radius 1 is 0.879 bits per heavy atom. The highest BCUT2D eigenvalue weighted by atomic mass is 16.3. The molecule has 3 aromatic carbocycles. The van der Waals surface area contributed by atoms with Gasteiger partial charge < -0.3 is 19.9 Å². The van der Waals surface area contributed by atoms with Gasteiger partial charge in [-0.1, -0.05) is 72.8 Å². The second kappa shape index (κ2) is 9.32. The van der Waals surface area contributed by atoms with Gasteiger partial charge in [0.15, 0.2) is 11.4 Å². The van der Waals surface area contributed by atoms with Gasteiger partial charge in [0, 0.05) is 12.0 Å². The van der Waals surface area contributed by atoms with Gasteiger partial charge in [-0.05, 0) is 42.2 Å². The highest BCUT2D eigenvalue weighted by molar-refractivity contribution is 5.78. The number of aryl methyl sites for hydroxylation is 1. The summed E-state index contributed by atoms with van der Waals surface area (Å²) in [6.07, 6.45) is 2.15. The molecule has 5 heteroatoms. The lowest BCUT2D eigenvalue weighted by Gasteiger charge is -2.30. The van der Waals surface area contributed by atoms with Crippen LogP contribution in [0.1, 0.15) is 35.9 Å². The molecule has 33 heavy (non-hydrogen) atoms. The molecule has 0 saturated carbocycles. The first-order valence-electron chi connectivity index (χ1n) is 11.2. The molecule has 0 bridgehead atoms. The summed E-state index contributed by atoms with van der Waals surface area (Å²) in [5, 5.41) is 32.5. The molecule has 0 fully saturated rings. The molecule has 0 unspecified atom stereocenters. The summed E-state index contributed by atoms with van der Waals surface area (Å²) in [4.78, 5) is 4.90. The minimum absolute atomic E-state index is 0.202. The predicted octanol–water partition coefficient (Wildman–Crippen LogP) is 4.14. The Hall–Kier alpha value is -3.25. The zero-order valence-electron chi connectivity index (χ0n) is 18.9. The lowest BCUT2D eigenvalue weighted by Crippen LogP contribution is -2.34. The standard InChI is InChI=1S/C28H30N2O3/c1-3-17-27(19-31,20-32)23-15-16-24-25(18-23)30(4-2)26(29-24)28(33,21-11-7-5-8-12-21)22-13-9-6-10-14-22/h3,5-16,18,31-33H,1,4,17,19-20H2,2H3. The fraction of sp³-hybridized carbons (Fsp3) is 0.250. The van der Waals surface area contributed by atoms with Crippen LogP contribution >= 0.6 is 0 Å². The van der Waals surface area contributed by atoms with E-state index in [1.165, 1.54) is 0 Å². The normalized spacial score (nSPS) is 12.2. The first kappa shape index (κ1) is 22.9. The van der Waals surface area contributed by atoms with Gasteiger partial charge in [-0.15, -0.1) is 6.58 Å². The molecule has 0 atom stereocenters. The number of aliphatic hydroxyl groups excluding tert-OH is 2. The zero-order chi connectivity index (χ0) is 23.5. The Morgan fingerprint density at radius 3 is 1.94 bits per heavy atom. The van der Waals surface area contributed by atoms with E-state index in [0.717, 1.165) is 27.7 Å². The highest BCUT2D eigenvalue weighted by Gasteiger charge is 2.39. The molecule has 0 radical (unpaired) electrons. The first-order chi connectivity index (χ1) is 16.0. The number of fused-ring (bicyclic) bond motifs is 1. The third-order valence-electron chi connectivity index (χ3n) is 6.52. The first-order valence-corrected chi connectivity index (χ1v) is 11.2. The van der Waals surface area contributed by atoms with Crippen molar-refractivity contribution < 1.29 is 15.3 Å². The fourth-order valence-electron chi connectivity index (χ4n) is 4.59. The van der Waals surface area contributed by atoms with E-state index in [1.807, 2.05) is 90.4 Å². The number of allylic oxidation sites excluding steroid dienone is 1. The van der Waals surface area contributed by atoms with Gasteiger partial charge in [-0.3, -0.25) is 0 Å². The van der Waals surface area contributed by atoms with E-state index >= 15 is 0 Å². The number of imidazole rings is 1. The molecular weight excluding hydrogens is 412 g/mol. The maximum Gasteiger partial charge on any atom is 0.173 e. The zero-order valence-corrected chi connectivity index (χ0v) is 18.9. The second-order valence-corrected chi connectivity index (χ2v) is 8.41. The van der Waals surface area contributed by atoms with E-state index in [-0.39, 0.29) is 13.2 Å². The summed E-state index contributed by atoms with van der Waals surface area (Å²) in [5.74, 6) is 0.525. The van der Waals surface area contributed by atoms with Crippen LogP contribution in [0.25, 0.3) is 11.0 Å². The van der Waals surface area contributed by atoms with Crippen molar-refractivity contribution in [1.29, 1.82) is 0 Å². The quantitative estimate of drug-likeness (QED) is 0.341. The third kappa shape index (κ3) is 3.78. The molecule has 0 aliphatic heterocycles. The van der Waals surface area contributed by atoms with E-state index in [2.05, 4.69) is 6.58 Å². The van der Waals surface area contributed by atoms with Crippen LogP contribution in [0.3, 0.4) is 0 Å². The molecule has 5 nitrogen and oxygen atoms in total. The molecule has 0 spiro atoms. The fourth-order valence-corrected chi connectivity index (χ4v) is 4.59. The van der Waals surface area contributed by atoms with Crippen molar-refractivity contribution in [2.45, 2.75) is 30.9 Å². The van der Waals surface area contributed by atoms with Crippen molar-refractivity contribution in [1.82, 2.24) is 9.55 Å². The number of benzene rings is 3. The third-order valence-corrected chi connectivity index (χ3v) is 6.52. The average Bonchev–Trinajstić information content (AvgIpc) is 3.26. The van der Waals surface area contributed by atoms with E-state index in [9.17, 15) is 15.3 Å². The molecular formula is C28H30N2O3. The van der Waals surface area contributed by atoms with Gasteiger partial charge in [-0.2, -0.15) is 0 Å². The van der Waals surface area contributed by atoms with Crippen LogP contribution in [-0.4, -0.2) is 38.1 Å². The molecule has 4 aromatic rings. The molecule has 0 aliphatic carbocycles. The molecule has 1 aromatic heterocycles. The Balaban J connectivity index is 1.99. The van der Waals surface area contributed by atoms with Crippen molar-refractivity contribution in [3.8, 4) is 0 Å². The topological polar surface area (TPSA) is 78.5 Å². The largest absolute Gasteiger partial charge is 0.395 e. The lowest BCUT2D eigenvalue weighted by molar-refractivity contribution is 0.112. The molecule has 0 aliphatic rings. The van der Waals surface area contributed by atoms with Crippen LogP contribution < -0.4 is 0 Å². The van der Waals surface area contributed by atoms with Crippen LogP contribution in [0.4, 0.5) is 0 Å². The van der Waals surface area contributed by atoms with Gasteiger partial charge in [0.05, 0.1) is 24.2 Å². The Morgan fingerprint density at radius 2 is 1.45 bits per heavy atom. The summed E-state index contributed by atoms with van der Waals surface area (Å²) in [7, 11) is 0. The van der Waals surface area contributed by atoms with Gasteiger partial charge in [0.25, 0.3) is 0 Å². The summed E-state index contributed by atoms with van der Waals surface area (Å²) in [6.45, 7) is 5.99. The van der Waals surface area contributed by atoms with Gasteiger partial charge >= 0.3 is 0 Å². The van der Waals surface area contributed by atoms with Crippen LogP contribution in [-0.2, 0) is 17.6 Å². The maximum absolute atomic E-state index is 12.3. The van der Waals surface area contributed by atoms with Crippen molar-refractivity contribution >= 4 is 11.0 Å². The Labute approximate surface area is 194 Å². The minimum atomic E-state index is -1.45. The van der Waals surface area contributed by atoms with Crippen LogP contribution in [0.2, 0.25) is 0 Å². The second-order valence-electron chi connectivity index (χ2n) is 8.41. The van der Waals surface area contributed by atoms with E-state index in [4.69, 9.17) is 4.98 Å². The number of rotatable bonds is 9. The van der Waals surface area contributed by atoms with E-state index in [1.54, 1.807) is 6.08 Å². The molecule has 4 rings (SSSR count). The maximum atomic E-state index is 12.3. The van der Waals surface area contributed by atoms with Crippen LogP contribution in [0, 0.1) is 0 Å². The van der Waals surface area contributed by atoms with Crippen LogP contribution in [0.15, 0.2) is 91.5 Å². The summed E-state index contributed by atoms with van der Waals surface area (Å²) < 4.78 is 2.01. The highest BCUT2D eigenvalue weighted by Crippen LogP contribution is 2.38. The van der Waals surface area contributed by atoms with E-state index < -0.39 is 11.0 Å². The van der Waals surface area contributed by atoms with Gasteiger partial charge in [-0.25, -0.2) is 4.98 Å². The van der Waals surface area contributed by atoms with Crippen molar-refractivity contribution in [3.63, 3.8) is 0 Å². The van der Waals surface area contributed by atoms with Crippen molar-refractivity contribution in [2.75, 3.05) is 13.2 Å². The molecule has 1 heterocycles. The van der Waals surface area contributed by atoms with E-state index in [0.29, 0.717) is 18.8 Å². The lowest BCUT2D eigenvalue weighted by atomic mass is 9.79. The molecule has 0 saturated heterocycles. The average molecular weight is 443 g/mol. The number of hydrogen-bond acceptors (Lipinski definition) is 4. The minimum Gasteiger partial charge on any atom is -0.395 e. The predicted molar refractivity (Wildman–Crippen MR) is 131 cm³/mol. The number of nitrogens with zero attached hydrogens (tertiary/aromatic N) is 2. The monoisotopic (exact) mass is 442 g/mol. The summed E-state index contributed by atoms with van der Waals surface area (Å²) in [6, 6.07) is 24.8. The number of aromatic nitrogens is 2. The molecule has 170 valence electrons. The summed E-state index contributed by atoms with van der Waals surface area (Å²) >= 11 is 0. The number of aliphatic hydroxyl groups is 3. The smallest absolute Gasteiger partial charge is 0.173 e.